The Labute approximate surface area is 146 Å². The standard InChI is InChI=1S/C13H22O13/c14-3-2(25-9(11(20)21)6(17)4(3)15)1-24-13-8(19)5(16)7(18)10(26-13)12(22)23/h2-11,13-21H,1H2,(H,22,23)/t2?,3-,4?,5?,6?,7+,8?,9+,10?,13+/m1/s1. The molecule has 0 aromatic heterocycles. The second-order valence-electron chi connectivity index (χ2n) is 6.09. The Balaban J connectivity index is 2.03. The van der Waals surface area contributed by atoms with Gasteiger partial charge in [-0.1, -0.05) is 0 Å². The third-order valence-electron chi connectivity index (χ3n) is 4.28. The van der Waals surface area contributed by atoms with Crippen molar-refractivity contribution in [1.29, 1.82) is 0 Å². The number of rotatable bonds is 5. The minimum atomic E-state index is -2.18. The Bertz CT molecular complexity index is 487. The fourth-order valence-electron chi connectivity index (χ4n) is 2.74. The molecule has 10 atom stereocenters. The van der Waals surface area contributed by atoms with Gasteiger partial charge < -0.3 is 60.2 Å². The Morgan fingerprint density at radius 2 is 1.42 bits per heavy atom. The quantitative estimate of drug-likeness (QED) is 0.201. The number of aliphatic hydroxyl groups excluding tert-OH is 7. The van der Waals surface area contributed by atoms with Crippen LogP contribution in [0.3, 0.4) is 0 Å². The molecule has 0 aromatic carbocycles. The Hall–Kier alpha value is -0.970. The first-order chi connectivity index (χ1) is 12.1. The summed E-state index contributed by atoms with van der Waals surface area (Å²) >= 11 is 0. The minimum absolute atomic E-state index is 0.648. The highest BCUT2D eigenvalue weighted by atomic mass is 16.7. The van der Waals surface area contributed by atoms with E-state index < -0.39 is 80.1 Å². The first kappa shape index (κ1) is 21.3. The highest BCUT2D eigenvalue weighted by Gasteiger charge is 2.49. The van der Waals surface area contributed by atoms with Gasteiger partial charge in [-0.05, 0) is 0 Å². The van der Waals surface area contributed by atoms with E-state index in [9.17, 15) is 35.4 Å². The average molecular weight is 386 g/mol. The molecule has 0 saturated carbocycles. The van der Waals surface area contributed by atoms with Crippen LogP contribution in [0.25, 0.3) is 0 Å². The number of carboxylic acids is 1. The molecule has 0 aromatic rings. The second-order valence-corrected chi connectivity index (χ2v) is 6.09. The van der Waals surface area contributed by atoms with Gasteiger partial charge in [-0.2, -0.15) is 0 Å². The Morgan fingerprint density at radius 1 is 0.846 bits per heavy atom. The summed E-state index contributed by atoms with van der Waals surface area (Å²) in [5, 5.41) is 85.5. The average Bonchev–Trinajstić information content (AvgIpc) is 2.57. The monoisotopic (exact) mass is 386 g/mol. The van der Waals surface area contributed by atoms with E-state index in [-0.39, 0.29) is 0 Å². The van der Waals surface area contributed by atoms with Crippen molar-refractivity contribution in [1.82, 2.24) is 0 Å². The third-order valence-corrected chi connectivity index (χ3v) is 4.28. The Morgan fingerprint density at radius 3 is 1.96 bits per heavy atom. The predicted molar refractivity (Wildman–Crippen MR) is 75.2 cm³/mol. The van der Waals surface area contributed by atoms with Crippen LogP contribution in [-0.4, -0.2) is 126 Å². The van der Waals surface area contributed by atoms with E-state index in [1.165, 1.54) is 0 Å². The van der Waals surface area contributed by atoms with Gasteiger partial charge >= 0.3 is 5.97 Å². The predicted octanol–water partition coefficient (Wildman–Crippen LogP) is -5.94. The van der Waals surface area contributed by atoms with Crippen LogP contribution in [0.2, 0.25) is 0 Å². The molecule has 0 amide bonds. The van der Waals surface area contributed by atoms with Crippen molar-refractivity contribution in [3.05, 3.63) is 0 Å². The summed E-state index contributed by atoms with van der Waals surface area (Å²) in [6, 6.07) is 0. The van der Waals surface area contributed by atoms with Crippen LogP contribution in [0.15, 0.2) is 0 Å². The number of ether oxygens (including phenoxy) is 3. The van der Waals surface area contributed by atoms with Gasteiger partial charge in [0.1, 0.15) is 48.8 Å². The van der Waals surface area contributed by atoms with Gasteiger partial charge in [-0.3, -0.25) is 0 Å². The van der Waals surface area contributed by atoms with E-state index >= 15 is 0 Å². The molecule has 2 heterocycles. The van der Waals surface area contributed by atoms with Gasteiger partial charge in [0, 0.05) is 0 Å². The maximum absolute atomic E-state index is 11.0. The fraction of sp³-hybridized carbons (Fsp3) is 0.923. The van der Waals surface area contributed by atoms with E-state index in [0.717, 1.165) is 0 Å². The number of hydrogen-bond acceptors (Lipinski definition) is 12. The molecule has 2 saturated heterocycles. The number of aliphatic carboxylic acids is 1. The molecule has 2 aliphatic heterocycles. The van der Waals surface area contributed by atoms with Crippen LogP contribution >= 0.6 is 0 Å². The van der Waals surface area contributed by atoms with Crippen molar-refractivity contribution in [2.24, 2.45) is 0 Å². The highest BCUT2D eigenvalue weighted by molar-refractivity contribution is 5.73. The highest BCUT2D eigenvalue weighted by Crippen LogP contribution is 2.26. The first-order valence-corrected chi connectivity index (χ1v) is 7.66. The zero-order valence-electron chi connectivity index (χ0n) is 13.2. The van der Waals surface area contributed by atoms with Gasteiger partial charge in [0.05, 0.1) is 6.61 Å². The molecule has 0 radical (unpaired) electrons. The molecule has 13 heteroatoms. The molecule has 0 spiro atoms. The smallest absolute Gasteiger partial charge is 0.335 e. The molecular formula is C13H22O13. The van der Waals surface area contributed by atoms with E-state index in [1.807, 2.05) is 0 Å². The van der Waals surface area contributed by atoms with Gasteiger partial charge in [-0.15, -0.1) is 0 Å². The summed E-state index contributed by atoms with van der Waals surface area (Å²) in [6.07, 6.45) is -19.9. The lowest BCUT2D eigenvalue weighted by molar-refractivity contribution is -0.316. The third kappa shape index (κ3) is 4.13. The topological polar surface area (TPSA) is 227 Å². The van der Waals surface area contributed by atoms with Crippen LogP contribution in [0.4, 0.5) is 0 Å². The molecule has 0 bridgehead atoms. The van der Waals surface area contributed by atoms with E-state index in [0.29, 0.717) is 0 Å². The zero-order valence-corrected chi connectivity index (χ0v) is 13.2. The van der Waals surface area contributed by atoms with Gasteiger partial charge in [-0.25, -0.2) is 4.79 Å². The summed E-state index contributed by atoms with van der Waals surface area (Å²) < 4.78 is 15.0. The van der Waals surface area contributed by atoms with Crippen LogP contribution in [0, 0.1) is 0 Å². The van der Waals surface area contributed by atoms with Crippen LogP contribution in [0.5, 0.6) is 0 Å². The molecule has 152 valence electrons. The molecule has 2 aliphatic rings. The van der Waals surface area contributed by atoms with E-state index in [2.05, 4.69) is 0 Å². The number of carbonyl (C=O) groups is 1. The van der Waals surface area contributed by atoms with Crippen molar-refractivity contribution in [3.8, 4) is 0 Å². The summed E-state index contributed by atoms with van der Waals surface area (Å²) in [7, 11) is 0. The van der Waals surface area contributed by atoms with Crippen molar-refractivity contribution < 1.29 is 65.0 Å². The normalized spacial score (nSPS) is 47.1. The largest absolute Gasteiger partial charge is 0.479 e. The maximum atomic E-state index is 11.0. The van der Waals surface area contributed by atoms with Gasteiger partial charge in [0.2, 0.25) is 0 Å². The molecule has 2 rings (SSSR count). The molecule has 0 aliphatic carbocycles. The molecule has 26 heavy (non-hydrogen) atoms. The number of carboxylic acid groups (broad SMARTS) is 1. The number of hydrogen-bond donors (Lipinski definition) is 9. The molecule has 13 nitrogen and oxygen atoms in total. The van der Waals surface area contributed by atoms with Crippen LogP contribution in [0.1, 0.15) is 0 Å². The molecule has 9 N–H and O–H groups in total. The van der Waals surface area contributed by atoms with Gasteiger partial charge in [0.15, 0.2) is 18.7 Å². The molecular weight excluding hydrogens is 364 g/mol. The van der Waals surface area contributed by atoms with Crippen molar-refractivity contribution >= 4 is 5.97 Å². The number of aliphatic hydroxyl groups is 8. The zero-order chi connectivity index (χ0) is 19.8. The second kappa shape index (κ2) is 8.37. The lowest BCUT2D eigenvalue weighted by atomic mass is 9.95. The fourth-order valence-corrected chi connectivity index (χ4v) is 2.74. The van der Waals surface area contributed by atoms with Crippen LogP contribution in [-0.2, 0) is 19.0 Å². The Kier molecular flexibility index (Phi) is 6.86. The molecule has 6 unspecified atom stereocenters. The van der Waals surface area contributed by atoms with Crippen molar-refractivity contribution in [2.45, 2.75) is 67.5 Å². The van der Waals surface area contributed by atoms with E-state index in [4.69, 9.17) is 29.5 Å². The SMILES string of the molecule is O=C(O)C1O[C@H](OCC2O[C@H](C(O)O)C(O)C(O)[C@@H]2O)C(O)C(O)[C@@H]1O. The van der Waals surface area contributed by atoms with Crippen LogP contribution < -0.4 is 0 Å². The summed E-state index contributed by atoms with van der Waals surface area (Å²) in [5.74, 6) is -1.62. The summed E-state index contributed by atoms with van der Waals surface area (Å²) in [6.45, 7) is -0.648. The summed E-state index contributed by atoms with van der Waals surface area (Å²) in [4.78, 5) is 11.0. The first-order valence-electron chi connectivity index (χ1n) is 7.66. The van der Waals surface area contributed by atoms with Gasteiger partial charge in [0.25, 0.3) is 0 Å². The maximum Gasteiger partial charge on any atom is 0.335 e. The van der Waals surface area contributed by atoms with E-state index in [1.54, 1.807) is 0 Å². The lowest BCUT2D eigenvalue weighted by Gasteiger charge is -2.42. The van der Waals surface area contributed by atoms with Crippen molar-refractivity contribution in [3.63, 3.8) is 0 Å². The molecule has 2 fully saturated rings. The lowest BCUT2D eigenvalue weighted by Crippen LogP contribution is -2.63. The van der Waals surface area contributed by atoms with Crippen molar-refractivity contribution in [2.75, 3.05) is 6.61 Å². The summed E-state index contributed by atoms with van der Waals surface area (Å²) in [5.41, 5.74) is 0. The minimum Gasteiger partial charge on any atom is -0.479 e.